The number of hydrogen-bond acceptors (Lipinski definition) is 7. The molecule has 0 atom stereocenters. The molecule has 3 fully saturated rings. The van der Waals surface area contributed by atoms with Crippen LogP contribution in [-0.4, -0.2) is 80.3 Å². The Morgan fingerprint density at radius 1 is 0.959 bits per heavy atom. The number of pyridine rings is 1. The van der Waals surface area contributed by atoms with E-state index in [9.17, 15) is 18.0 Å². The number of piperidine rings is 1. The number of rotatable bonds is 9. The third-order valence-corrected chi connectivity index (χ3v) is 10.2. The molecule has 1 aromatic heterocycles. The average molecular weight is 675 g/mol. The van der Waals surface area contributed by atoms with E-state index in [1.165, 1.54) is 20.3 Å². The maximum atomic E-state index is 14.7. The number of morpholine rings is 1. The van der Waals surface area contributed by atoms with Gasteiger partial charge in [-0.25, -0.2) is 4.98 Å². The zero-order chi connectivity index (χ0) is 34.2. The summed E-state index contributed by atoms with van der Waals surface area (Å²) in [6.45, 7) is 5.21. The highest BCUT2D eigenvalue weighted by atomic mass is 19.4. The van der Waals surface area contributed by atoms with Gasteiger partial charge >= 0.3 is 6.18 Å². The van der Waals surface area contributed by atoms with Gasteiger partial charge in [0.25, 0.3) is 5.91 Å². The number of methoxy groups -OCH3 is 2. The van der Waals surface area contributed by atoms with Crippen LogP contribution in [0, 0.1) is 0 Å². The first-order valence-corrected chi connectivity index (χ1v) is 16.9. The first-order valence-electron chi connectivity index (χ1n) is 16.9. The van der Waals surface area contributed by atoms with E-state index < -0.39 is 17.3 Å². The fraction of sp³-hybridized carbons (Fsp3) is 0.421. The fourth-order valence-corrected chi connectivity index (χ4v) is 7.44. The molecule has 3 heterocycles. The van der Waals surface area contributed by atoms with Crippen molar-refractivity contribution in [1.29, 1.82) is 0 Å². The number of carbonyl (C=O) groups is 1. The van der Waals surface area contributed by atoms with Crippen molar-refractivity contribution in [3.63, 3.8) is 0 Å². The number of halogens is 3. The number of aromatic nitrogens is 1. The maximum absolute atomic E-state index is 14.7. The van der Waals surface area contributed by atoms with Gasteiger partial charge in [-0.15, -0.1) is 0 Å². The lowest BCUT2D eigenvalue weighted by Gasteiger charge is -2.40. The molecule has 0 radical (unpaired) electrons. The van der Waals surface area contributed by atoms with Crippen LogP contribution in [0.25, 0.3) is 22.2 Å². The van der Waals surface area contributed by atoms with Gasteiger partial charge in [0.15, 0.2) is 11.5 Å². The first kappa shape index (κ1) is 33.3. The molecule has 0 unspecified atom stereocenters. The number of alkyl halides is 3. The van der Waals surface area contributed by atoms with Crippen molar-refractivity contribution in [1.82, 2.24) is 20.1 Å². The largest absolute Gasteiger partial charge is 0.493 e. The highest BCUT2D eigenvalue weighted by molar-refractivity contribution is 6.11. The molecule has 4 aromatic rings. The Balaban J connectivity index is 1.37. The molecule has 3 aliphatic rings. The molecule has 0 spiro atoms. The van der Waals surface area contributed by atoms with Crippen LogP contribution in [0.15, 0.2) is 66.7 Å². The Labute approximate surface area is 284 Å². The summed E-state index contributed by atoms with van der Waals surface area (Å²) in [5.41, 5.74) is 1.63. The van der Waals surface area contributed by atoms with Crippen molar-refractivity contribution in [3.8, 4) is 22.8 Å². The van der Waals surface area contributed by atoms with E-state index in [0.29, 0.717) is 51.8 Å². The van der Waals surface area contributed by atoms with Crippen LogP contribution in [0.2, 0.25) is 0 Å². The third-order valence-electron chi connectivity index (χ3n) is 10.2. The summed E-state index contributed by atoms with van der Waals surface area (Å²) in [6.07, 6.45) is -1.09. The number of nitrogens with one attached hydrogen (secondary N) is 1. The zero-order valence-corrected chi connectivity index (χ0v) is 27.8. The molecular weight excluding hydrogens is 633 g/mol. The molecule has 8 nitrogen and oxygen atoms in total. The molecule has 258 valence electrons. The van der Waals surface area contributed by atoms with Crippen molar-refractivity contribution >= 4 is 16.8 Å². The molecule has 1 saturated carbocycles. The number of fused-ring (bicyclic) bond motifs is 1. The quantitative estimate of drug-likeness (QED) is 0.213. The second kappa shape index (κ2) is 13.6. The molecule has 1 aliphatic carbocycles. The van der Waals surface area contributed by atoms with E-state index in [-0.39, 0.29) is 11.5 Å². The van der Waals surface area contributed by atoms with Gasteiger partial charge in [0, 0.05) is 42.2 Å². The summed E-state index contributed by atoms with van der Waals surface area (Å²) in [6, 6.07) is 19.0. The van der Waals surface area contributed by atoms with Crippen LogP contribution in [0.3, 0.4) is 0 Å². The van der Waals surface area contributed by atoms with Gasteiger partial charge in [0.05, 0.1) is 49.8 Å². The van der Waals surface area contributed by atoms with Gasteiger partial charge < -0.3 is 19.5 Å². The minimum atomic E-state index is -4.55. The van der Waals surface area contributed by atoms with Gasteiger partial charge in [-0.1, -0.05) is 42.5 Å². The minimum absolute atomic E-state index is 0.276. The predicted molar refractivity (Wildman–Crippen MR) is 181 cm³/mol. The Kier molecular flexibility index (Phi) is 9.25. The Morgan fingerprint density at radius 3 is 2.35 bits per heavy atom. The smallest absolute Gasteiger partial charge is 0.416 e. The third kappa shape index (κ3) is 6.71. The van der Waals surface area contributed by atoms with Gasteiger partial charge in [-0.3, -0.25) is 14.6 Å². The van der Waals surface area contributed by atoms with E-state index in [1.54, 1.807) is 18.2 Å². The highest BCUT2D eigenvalue weighted by Gasteiger charge is 2.46. The predicted octanol–water partition coefficient (Wildman–Crippen LogP) is 6.65. The van der Waals surface area contributed by atoms with Gasteiger partial charge in [-0.2, -0.15) is 13.2 Å². The summed E-state index contributed by atoms with van der Waals surface area (Å²) in [5.74, 6) is 0.418. The average Bonchev–Trinajstić information content (AvgIpc) is 3.91. The number of nitrogens with zero attached hydrogens (tertiary/aromatic N) is 3. The first-order chi connectivity index (χ1) is 23.7. The molecule has 1 N–H and O–H groups in total. The SMILES string of the molecule is COc1ccc2c(C(=O)NC3(c4ccccc4)CC3)c(CN3CCC(N4CCOCC4)CC3)c(-c3cccc(C(F)(F)F)c3)nc2c1OC. The van der Waals surface area contributed by atoms with Crippen LogP contribution >= 0.6 is 0 Å². The summed E-state index contributed by atoms with van der Waals surface area (Å²) < 4.78 is 59.0. The lowest BCUT2D eigenvalue weighted by molar-refractivity contribution is -0.137. The summed E-state index contributed by atoms with van der Waals surface area (Å²) in [7, 11) is 3.00. The summed E-state index contributed by atoms with van der Waals surface area (Å²) in [4.78, 5) is 24.5. The normalized spacial score (nSPS) is 18.7. The molecule has 0 bridgehead atoms. The van der Waals surface area contributed by atoms with Gasteiger partial charge in [0.2, 0.25) is 0 Å². The number of amides is 1. The van der Waals surface area contributed by atoms with Crippen molar-refractivity contribution in [3.05, 3.63) is 89.0 Å². The van der Waals surface area contributed by atoms with E-state index in [4.69, 9.17) is 19.2 Å². The Morgan fingerprint density at radius 2 is 1.69 bits per heavy atom. The number of likely N-dealkylation sites (tertiary alicyclic amines) is 1. The van der Waals surface area contributed by atoms with Crippen LogP contribution in [0.1, 0.15) is 52.7 Å². The number of hydrogen-bond donors (Lipinski definition) is 1. The van der Waals surface area contributed by atoms with E-state index in [1.807, 2.05) is 30.3 Å². The lowest BCUT2D eigenvalue weighted by Crippen LogP contribution is -2.48. The Hall–Kier alpha value is -4.19. The van der Waals surface area contributed by atoms with Gasteiger partial charge in [0.1, 0.15) is 5.52 Å². The molecule has 2 saturated heterocycles. The zero-order valence-electron chi connectivity index (χ0n) is 27.8. The maximum Gasteiger partial charge on any atom is 0.416 e. The molecule has 1 amide bonds. The molecule has 7 rings (SSSR count). The van der Waals surface area contributed by atoms with Crippen molar-refractivity contribution in [2.24, 2.45) is 0 Å². The van der Waals surface area contributed by atoms with E-state index in [0.717, 1.165) is 82.8 Å². The molecular formula is C38H41F3N4O4. The number of benzene rings is 3. The van der Waals surface area contributed by atoms with Crippen molar-refractivity contribution < 1.29 is 32.2 Å². The van der Waals surface area contributed by atoms with Crippen LogP contribution < -0.4 is 14.8 Å². The van der Waals surface area contributed by atoms with E-state index in [2.05, 4.69) is 15.1 Å². The highest BCUT2D eigenvalue weighted by Crippen LogP contribution is 2.47. The second-order valence-electron chi connectivity index (χ2n) is 13.1. The molecule has 49 heavy (non-hydrogen) atoms. The van der Waals surface area contributed by atoms with Crippen molar-refractivity contribution in [2.45, 2.75) is 50.0 Å². The summed E-state index contributed by atoms with van der Waals surface area (Å²) in [5, 5.41) is 3.89. The van der Waals surface area contributed by atoms with Crippen LogP contribution in [-0.2, 0) is 23.0 Å². The van der Waals surface area contributed by atoms with Crippen LogP contribution in [0.5, 0.6) is 11.5 Å². The van der Waals surface area contributed by atoms with Crippen molar-refractivity contribution in [2.75, 3.05) is 53.6 Å². The molecule has 2 aliphatic heterocycles. The molecule has 3 aromatic carbocycles. The lowest BCUT2D eigenvalue weighted by atomic mass is 9.93. The molecule has 11 heteroatoms. The topological polar surface area (TPSA) is 76.2 Å². The standard InChI is InChI=1S/C38H41F3N4O4/c1-47-31-12-11-29-32(36(46)43-37(15-16-37)26-8-4-3-5-9-26)30(24-44-17-13-28(14-18-44)45-19-21-49-22-20-45)33(42-34(29)35(31)48-2)25-7-6-10-27(23-25)38(39,40)41/h3-12,23,28H,13-22,24H2,1-2H3,(H,43,46). The Bertz CT molecular complexity index is 1820. The monoisotopic (exact) mass is 674 g/mol. The fourth-order valence-electron chi connectivity index (χ4n) is 7.44. The van der Waals surface area contributed by atoms with Crippen LogP contribution in [0.4, 0.5) is 13.2 Å². The summed E-state index contributed by atoms with van der Waals surface area (Å²) >= 11 is 0. The number of ether oxygens (including phenoxy) is 3. The number of carbonyl (C=O) groups excluding carboxylic acids is 1. The van der Waals surface area contributed by atoms with Gasteiger partial charge in [-0.05, 0) is 68.6 Å². The minimum Gasteiger partial charge on any atom is -0.493 e. The van der Waals surface area contributed by atoms with E-state index >= 15 is 0 Å². The second-order valence-corrected chi connectivity index (χ2v) is 13.1.